The van der Waals surface area contributed by atoms with Crippen LogP contribution in [0, 0.1) is 6.92 Å². The lowest BCUT2D eigenvalue weighted by Gasteiger charge is -2.08. The maximum atomic E-state index is 5.58. The number of aromatic nitrogens is 3. The normalized spacial score (nSPS) is 10.3. The highest BCUT2D eigenvalue weighted by molar-refractivity contribution is 5.61. The zero-order valence-corrected chi connectivity index (χ0v) is 11.5. The van der Waals surface area contributed by atoms with Gasteiger partial charge in [0.15, 0.2) is 0 Å². The van der Waals surface area contributed by atoms with E-state index in [1.54, 1.807) is 19.4 Å². The van der Waals surface area contributed by atoms with Gasteiger partial charge in [-0.2, -0.15) is 0 Å². The van der Waals surface area contributed by atoms with E-state index in [4.69, 9.17) is 4.74 Å². The van der Waals surface area contributed by atoms with Crippen molar-refractivity contribution < 1.29 is 4.74 Å². The second-order valence-electron chi connectivity index (χ2n) is 4.23. The Labute approximate surface area is 113 Å². The Morgan fingerprint density at radius 3 is 2.79 bits per heavy atom. The molecule has 0 aliphatic carbocycles. The summed E-state index contributed by atoms with van der Waals surface area (Å²) in [6.45, 7) is 4.71. The monoisotopic (exact) mass is 258 g/mol. The molecule has 0 aromatic carbocycles. The van der Waals surface area contributed by atoms with Gasteiger partial charge in [0.05, 0.1) is 18.5 Å². The highest BCUT2D eigenvalue weighted by Crippen LogP contribution is 2.22. The van der Waals surface area contributed by atoms with E-state index in [2.05, 4.69) is 27.2 Å². The summed E-state index contributed by atoms with van der Waals surface area (Å²) in [7, 11) is 1.80. The number of pyridine rings is 1. The van der Waals surface area contributed by atoms with Crippen LogP contribution in [0.15, 0.2) is 24.5 Å². The Kier molecular flexibility index (Phi) is 4.28. The van der Waals surface area contributed by atoms with Crippen LogP contribution in [0.5, 0.6) is 5.75 Å². The fourth-order valence-electron chi connectivity index (χ4n) is 1.69. The standard InChI is InChI=1S/C14H18N4O/c1-4-5-19-12-7-11(8-16-9-12)13-6-10(2)17-14(15-3)18-13/h6-9H,4-5H2,1-3H3,(H,15,17,18). The van der Waals surface area contributed by atoms with Crippen molar-refractivity contribution in [1.82, 2.24) is 15.0 Å². The van der Waals surface area contributed by atoms with Gasteiger partial charge in [0.25, 0.3) is 0 Å². The first kappa shape index (κ1) is 13.3. The molecule has 2 aromatic heterocycles. The molecule has 0 bridgehead atoms. The van der Waals surface area contributed by atoms with Crippen molar-refractivity contribution in [2.24, 2.45) is 0 Å². The summed E-state index contributed by atoms with van der Waals surface area (Å²) in [5.74, 6) is 1.37. The van der Waals surface area contributed by atoms with Crippen molar-refractivity contribution in [3.8, 4) is 17.0 Å². The fourth-order valence-corrected chi connectivity index (χ4v) is 1.69. The molecular formula is C14H18N4O. The quantitative estimate of drug-likeness (QED) is 0.893. The van der Waals surface area contributed by atoms with Crippen molar-refractivity contribution in [3.63, 3.8) is 0 Å². The third-order valence-electron chi connectivity index (χ3n) is 2.56. The van der Waals surface area contributed by atoms with Gasteiger partial charge in [-0.05, 0) is 25.5 Å². The van der Waals surface area contributed by atoms with E-state index in [1.807, 2.05) is 19.1 Å². The molecular weight excluding hydrogens is 240 g/mol. The molecule has 1 N–H and O–H groups in total. The van der Waals surface area contributed by atoms with Crippen molar-refractivity contribution in [1.29, 1.82) is 0 Å². The topological polar surface area (TPSA) is 59.9 Å². The first-order chi connectivity index (χ1) is 9.22. The van der Waals surface area contributed by atoms with Crippen molar-refractivity contribution >= 4 is 5.95 Å². The molecule has 0 unspecified atom stereocenters. The second kappa shape index (κ2) is 6.13. The van der Waals surface area contributed by atoms with E-state index in [-0.39, 0.29) is 0 Å². The highest BCUT2D eigenvalue weighted by Gasteiger charge is 2.05. The maximum absolute atomic E-state index is 5.58. The van der Waals surface area contributed by atoms with Gasteiger partial charge in [-0.25, -0.2) is 9.97 Å². The largest absolute Gasteiger partial charge is 0.492 e. The van der Waals surface area contributed by atoms with Crippen LogP contribution >= 0.6 is 0 Å². The average Bonchev–Trinajstić information content (AvgIpc) is 2.44. The number of ether oxygens (including phenoxy) is 1. The van der Waals surface area contributed by atoms with E-state index in [9.17, 15) is 0 Å². The van der Waals surface area contributed by atoms with E-state index in [0.29, 0.717) is 12.6 Å². The van der Waals surface area contributed by atoms with Gasteiger partial charge < -0.3 is 10.1 Å². The predicted molar refractivity (Wildman–Crippen MR) is 75.3 cm³/mol. The molecule has 0 spiro atoms. The Morgan fingerprint density at radius 2 is 2.05 bits per heavy atom. The summed E-state index contributed by atoms with van der Waals surface area (Å²) in [4.78, 5) is 12.9. The number of rotatable bonds is 5. The van der Waals surface area contributed by atoms with Gasteiger partial charge in [0, 0.05) is 24.5 Å². The first-order valence-corrected chi connectivity index (χ1v) is 6.34. The highest BCUT2D eigenvalue weighted by atomic mass is 16.5. The summed E-state index contributed by atoms with van der Waals surface area (Å²) >= 11 is 0. The minimum atomic E-state index is 0.606. The smallest absolute Gasteiger partial charge is 0.223 e. The fraction of sp³-hybridized carbons (Fsp3) is 0.357. The number of hydrogen-bond donors (Lipinski definition) is 1. The molecule has 5 heteroatoms. The minimum absolute atomic E-state index is 0.606. The van der Waals surface area contributed by atoms with Crippen LogP contribution in [0.25, 0.3) is 11.3 Å². The molecule has 5 nitrogen and oxygen atoms in total. The van der Waals surface area contributed by atoms with Crippen LogP contribution in [0.1, 0.15) is 19.0 Å². The summed E-state index contributed by atoms with van der Waals surface area (Å²) in [6.07, 6.45) is 4.47. The van der Waals surface area contributed by atoms with E-state index in [0.717, 1.165) is 29.1 Å². The van der Waals surface area contributed by atoms with Crippen molar-refractivity contribution in [2.45, 2.75) is 20.3 Å². The molecule has 2 rings (SSSR count). The third kappa shape index (κ3) is 3.40. The second-order valence-corrected chi connectivity index (χ2v) is 4.23. The summed E-state index contributed by atoms with van der Waals surface area (Å²) in [5.41, 5.74) is 2.68. The molecule has 19 heavy (non-hydrogen) atoms. The molecule has 0 fully saturated rings. The van der Waals surface area contributed by atoms with Crippen molar-refractivity contribution in [3.05, 3.63) is 30.2 Å². The average molecular weight is 258 g/mol. The molecule has 100 valence electrons. The van der Waals surface area contributed by atoms with Gasteiger partial charge in [-0.3, -0.25) is 4.98 Å². The van der Waals surface area contributed by atoms with Gasteiger partial charge >= 0.3 is 0 Å². The predicted octanol–water partition coefficient (Wildman–Crippen LogP) is 2.68. The summed E-state index contributed by atoms with van der Waals surface area (Å²) < 4.78 is 5.58. The molecule has 0 radical (unpaired) electrons. The van der Waals surface area contributed by atoms with E-state index >= 15 is 0 Å². The molecule has 0 amide bonds. The van der Waals surface area contributed by atoms with Crippen LogP contribution in [0.3, 0.4) is 0 Å². The number of nitrogens with one attached hydrogen (secondary N) is 1. The number of aryl methyl sites for hydroxylation is 1. The van der Waals surface area contributed by atoms with E-state index < -0.39 is 0 Å². The Bertz CT molecular complexity index is 557. The lowest BCUT2D eigenvalue weighted by atomic mass is 10.2. The Balaban J connectivity index is 2.32. The van der Waals surface area contributed by atoms with Crippen LogP contribution in [0.2, 0.25) is 0 Å². The maximum Gasteiger partial charge on any atom is 0.223 e. The summed E-state index contributed by atoms with van der Waals surface area (Å²) in [6, 6.07) is 3.88. The molecule has 0 aliphatic rings. The molecule has 2 aromatic rings. The van der Waals surface area contributed by atoms with Crippen LogP contribution < -0.4 is 10.1 Å². The molecule has 0 saturated carbocycles. The number of hydrogen-bond acceptors (Lipinski definition) is 5. The lowest BCUT2D eigenvalue weighted by Crippen LogP contribution is -2.00. The first-order valence-electron chi connectivity index (χ1n) is 6.34. The van der Waals surface area contributed by atoms with E-state index in [1.165, 1.54) is 0 Å². The Morgan fingerprint density at radius 1 is 1.21 bits per heavy atom. The van der Waals surface area contributed by atoms with Crippen molar-refractivity contribution in [2.75, 3.05) is 19.0 Å². The minimum Gasteiger partial charge on any atom is -0.492 e. The van der Waals surface area contributed by atoms with Crippen LogP contribution in [0.4, 0.5) is 5.95 Å². The van der Waals surface area contributed by atoms with Crippen LogP contribution in [-0.4, -0.2) is 28.6 Å². The third-order valence-corrected chi connectivity index (χ3v) is 2.56. The van der Waals surface area contributed by atoms with Gasteiger partial charge in [0.1, 0.15) is 5.75 Å². The van der Waals surface area contributed by atoms with Crippen LogP contribution in [-0.2, 0) is 0 Å². The molecule has 2 heterocycles. The summed E-state index contributed by atoms with van der Waals surface area (Å²) in [5, 5.41) is 2.95. The zero-order valence-electron chi connectivity index (χ0n) is 11.5. The zero-order chi connectivity index (χ0) is 13.7. The lowest BCUT2D eigenvalue weighted by molar-refractivity contribution is 0.316. The van der Waals surface area contributed by atoms with Gasteiger partial charge in [-0.1, -0.05) is 6.92 Å². The van der Waals surface area contributed by atoms with Gasteiger partial charge in [-0.15, -0.1) is 0 Å². The number of nitrogens with zero attached hydrogens (tertiary/aromatic N) is 3. The molecule has 0 saturated heterocycles. The SMILES string of the molecule is CCCOc1cncc(-c2cc(C)nc(NC)n2)c1. The molecule has 0 aliphatic heterocycles. The van der Waals surface area contributed by atoms with Gasteiger partial charge in [0.2, 0.25) is 5.95 Å². The Hall–Kier alpha value is -2.17. The molecule has 0 atom stereocenters. The number of anilines is 1.